The van der Waals surface area contributed by atoms with E-state index in [1.54, 1.807) is 14.0 Å². The molecule has 16 heavy (non-hydrogen) atoms. The molecule has 0 aliphatic rings. The standard InChI is InChI=1S/C12H17FO.C2H6/c1-5-8(2)10-6-9(3)11(13)7-12(10)14-4;1-2/h6-8H,5H2,1-4H3;1-2H3. The van der Waals surface area contributed by atoms with Crippen LogP contribution < -0.4 is 4.74 Å². The van der Waals surface area contributed by atoms with Crippen LogP contribution in [-0.2, 0) is 0 Å². The van der Waals surface area contributed by atoms with Crippen molar-refractivity contribution in [2.45, 2.75) is 47.0 Å². The monoisotopic (exact) mass is 226 g/mol. The van der Waals surface area contributed by atoms with E-state index >= 15 is 0 Å². The molecule has 1 atom stereocenters. The molecule has 1 rings (SSSR count). The van der Waals surface area contributed by atoms with Gasteiger partial charge >= 0.3 is 0 Å². The van der Waals surface area contributed by atoms with Crippen LogP contribution in [-0.4, -0.2) is 7.11 Å². The van der Waals surface area contributed by atoms with Crippen LogP contribution in [0.25, 0.3) is 0 Å². The lowest BCUT2D eigenvalue weighted by molar-refractivity contribution is 0.402. The first-order valence-corrected chi connectivity index (χ1v) is 5.94. The summed E-state index contributed by atoms with van der Waals surface area (Å²) in [6.07, 6.45) is 1.03. The maximum absolute atomic E-state index is 13.2. The summed E-state index contributed by atoms with van der Waals surface area (Å²) in [4.78, 5) is 0. The fourth-order valence-electron chi connectivity index (χ4n) is 1.47. The third kappa shape index (κ3) is 3.51. The molecule has 0 radical (unpaired) electrons. The fraction of sp³-hybridized carbons (Fsp3) is 0.571. The molecule has 0 fully saturated rings. The van der Waals surface area contributed by atoms with Crippen LogP contribution in [0.1, 0.15) is 51.2 Å². The van der Waals surface area contributed by atoms with Crippen LogP contribution in [0.15, 0.2) is 12.1 Å². The van der Waals surface area contributed by atoms with Crippen LogP contribution in [0.3, 0.4) is 0 Å². The van der Waals surface area contributed by atoms with Crippen molar-refractivity contribution in [2.24, 2.45) is 0 Å². The van der Waals surface area contributed by atoms with E-state index in [2.05, 4.69) is 13.8 Å². The summed E-state index contributed by atoms with van der Waals surface area (Å²) >= 11 is 0. The lowest BCUT2D eigenvalue weighted by Crippen LogP contribution is -1.99. The molecule has 1 aromatic rings. The zero-order chi connectivity index (χ0) is 12.7. The van der Waals surface area contributed by atoms with Crippen molar-refractivity contribution >= 4 is 0 Å². The Kier molecular flexibility index (Phi) is 6.78. The van der Waals surface area contributed by atoms with Gasteiger partial charge in [-0.2, -0.15) is 0 Å². The molecule has 0 amide bonds. The lowest BCUT2D eigenvalue weighted by atomic mass is 9.96. The summed E-state index contributed by atoms with van der Waals surface area (Å²) in [7, 11) is 1.58. The Labute approximate surface area is 98.6 Å². The smallest absolute Gasteiger partial charge is 0.129 e. The van der Waals surface area contributed by atoms with E-state index in [9.17, 15) is 4.39 Å². The van der Waals surface area contributed by atoms with Gasteiger partial charge in [0, 0.05) is 6.07 Å². The molecule has 0 saturated heterocycles. The van der Waals surface area contributed by atoms with Crippen molar-refractivity contribution in [1.82, 2.24) is 0 Å². The average molecular weight is 226 g/mol. The molecule has 92 valence electrons. The summed E-state index contributed by atoms with van der Waals surface area (Å²) in [5, 5.41) is 0. The van der Waals surface area contributed by atoms with Gasteiger partial charge in [0.2, 0.25) is 0 Å². The molecule has 0 saturated carbocycles. The summed E-state index contributed by atoms with van der Waals surface area (Å²) in [6.45, 7) is 10.0. The predicted octanol–water partition coefficient (Wildman–Crippen LogP) is 4.68. The highest BCUT2D eigenvalue weighted by molar-refractivity contribution is 5.40. The Balaban J connectivity index is 0.00000106. The minimum absolute atomic E-state index is 0.200. The Morgan fingerprint density at radius 3 is 2.31 bits per heavy atom. The SMILES string of the molecule is CC.CCC(C)c1cc(C)c(F)cc1OC. The number of benzene rings is 1. The maximum Gasteiger partial charge on any atom is 0.129 e. The molecule has 1 nitrogen and oxygen atoms in total. The zero-order valence-electron chi connectivity index (χ0n) is 11.2. The van der Waals surface area contributed by atoms with Crippen molar-refractivity contribution in [1.29, 1.82) is 0 Å². The van der Waals surface area contributed by atoms with Gasteiger partial charge in [0.05, 0.1) is 7.11 Å². The second-order valence-electron chi connectivity index (χ2n) is 3.65. The Morgan fingerprint density at radius 2 is 1.88 bits per heavy atom. The molecule has 0 heterocycles. The number of methoxy groups -OCH3 is 1. The predicted molar refractivity (Wildman–Crippen MR) is 67.7 cm³/mol. The van der Waals surface area contributed by atoms with Crippen molar-refractivity contribution < 1.29 is 9.13 Å². The highest BCUT2D eigenvalue weighted by atomic mass is 19.1. The summed E-state index contributed by atoms with van der Waals surface area (Å²) in [5.74, 6) is 0.862. The lowest BCUT2D eigenvalue weighted by Gasteiger charge is -2.15. The Bertz CT molecular complexity index is 321. The van der Waals surface area contributed by atoms with Gasteiger partial charge in [-0.05, 0) is 36.5 Å². The minimum atomic E-state index is -0.200. The van der Waals surface area contributed by atoms with Crippen molar-refractivity contribution in [2.75, 3.05) is 7.11 Å². The minimum Gasteiger partial charge on any atom is -0.496 e. The van der Waals surface area contributed by atoms with Gasteiger partial charge in [-0.3, -0.25) is 0 Å². The van der Waals surface area contributed by atoms with E-state index in [0.717, 1.165) is 12.0 Å². The third-order valence-electron chi connectivity index (χ3n) is 2.65. The summed E-state index contributed by atoms with van der Waals surface area (Å²) in [6, 6.07) is 3.35. The second-order valence-corrected chi connectivity index (χ2v) is 3.65. The molecule has 0 N–H and O–H groups in total. The topological polar surface area (TPSA) is 9.23 Å². The van der Waals surface area contributed by atoms with Crippen molar-refractivity contribution in [3.05, 3.63) is 29.1 Å². The van der Waals surface area contributed by atoms with Crippen LogP contribution in [0.4, 0.5) is 4.39 Å². The highest BCUT2D eigenvalue weighted by Crippen LogP contribution is 2.30. The number of aryl methyl sites for hydroxylation is 1. The molecular weight excluding hydrogens is 203 g/mol. The number of hydrogen-bond donors (Lipinski definition) is 0. The summed E-state index contributed by atoms with van der Waals surface area (Å²) in [5.41, 5.74) is 1.77. The van der Waals surface area contributed by atoms with Gasteiger partial charge in [0.15, 0.2) is 0 Å². The Hall–Kier alpha value is -1.05. The van der Waals surface area contributed by atoms with Gasteiger partial charge in [0.1, 0.15) is 11.6 Å². The van der Waals surface area contributed by atoms with Gasteiger partial charge in [-0.15, -0.1) is 0 Å². The van der Waals surface area contributed by atoms with E-state index in [1.807, 2.05) is 19.9 Å². The van der Waals surface area contributed by atoms with Crippen molar-refractivity contribution in [3.8, 4) is 5.75 Å². The zero-order valence-corrected chi connectivity index (χ0v) is 11.2. The first kappa shape index (κ1) is 14.9. The second kappa shape index (κ2) is 7.26. The van der Waals surface area contributed by atoms with Crippen LogP contribution in [0.5, 0.6) is 5.75 Å². The van der Waals surface area contributed by atoms with E-state index in [1.165, 1.54) is 6.07 Å². The van der Waals surface area contributed by atoms with E-state index in [0.29, 0.717) is 17.2 Å². The summed E-state index contributed by atoms with van der Waals surface area (Å²) < 4.78 is 18.4. The van der Waals surface area contributed by atoms with E-state index < -0.39 is 0 Å². The largest absolute Gasteiger partial charge is 0.496 e. The fourth-order valence-corrected chi connectivity index (χ4v) is 1.47. The van der Waals surface area contributed by atoms with Crippen LogP contribution >= 0.6 is 0 Å². The number of rotatable bonds is 3. The number of ether oxygens (including phenoxy) is 1. The Morgan fingerprint density at radius 1 is 1.31 bits per heavy atom. The first-order chi connectivity index (χ1) is 7.60. The van der Waals surface area contributed by atoms with Crippen LogP contribution in [0, 0.1) is 12.7 Å². The maximum atomic E-state index is 13.2. The molecule has 1 aromatic carbocycles. The van der Waals surface area contributed by atoms with Gasteiger partial charge < -0.3 is 4.74 Å². The number of hydrogen-bond acceptors (Lipinski definition) is 1. The molecular formula is C14H23FO. The molecule has 0 aliphatic heterocycles. The molecule has 0 aliphatic carbocycles. The quantitative estimate of drug-likeness (QED) is 0.727. The molecule has 0 spiro atoms. The van der Waals surface area contributed by atoms with E-state index in [-0.39, 0.29) is 5.82 Å². The van der Waals surface area contributed by atoms with Gasteiger partial charge in [0.25, 0.3) is 0 Å². The average Bonchev–Trinajstić information content (AvgIpc) is 2.33. The number of halogens is 1. The van der Waals surface area contributed by atoms with Gasteiger partial charge in [-0.1, -0.05) is 27.7 Å². The molecule has 1 unspecified atom stereocenters. The third-order valence-corrected chi connectivity index (χ3v) is 2.65. The van der Waals surface area contributed by atoms with Crippen molar-refractivity contribution in [3.63, 3.8) is 0 Å². The molecule has 0 bridgehead atoms. The normalized spacial score (nSPS) is 11.4. The molecule has 0 aromatic heterocycles. The van der Waals surface area contributed by atoms with Crippen LogP contribution in [0.2, 0.25) is 0 Å². The van der Waals surface area contributed by atoms with E-state index in [4.69, 9.17) is 4.74 Å². The van der Waals surface area contributed by atoms with Gasteiger partial charge in [-0.25, -0.2) is 4.39 Å². The molecule has 2 heteroatoms. The highest BCUT2D eigenvalue weighted by Gasteiger charge is 2.12. The first-order valence-electron chi connectivity index (χ1n) is 5.94.